The minimum Gasteiger partial charge on any atom is -0.487 e. The summed E-state index contributed by atoms with van der Waals surface area (Å²) in [6.07, 6.45) is 2.06. The van der Waals surface area contributed by atoms with Gasteiger partial charge in [0, 0.05) is 32.6 Å². The van der Waals surface area contributed by atoms with Crippen molar-refractivity contribution in [2.24, 2.45) is 0 Å². The minimum atomic E-state index is -0.0866. The predicted octanol–water partition coefficient (Wildman–Crippen LogP) is 2.49. The van der Waals surface area contributed by atoms with Gasteiger partial charge >= 0.3 is 0 Å². The zero-order valence-corrected chi connectivity index (χ0v) is 14.5. The number of aromatic nitrogens is 2. The zero-order chi connectivity index (χ0) is 16.7. The SMILES string of the molecule is CC1(C)Cc2cc(CN3CCCn4nc(CO)cc4C3)ccc2O1. The number of nitrogens with zero attached hydrogens (tertiary/aromatic N) is 3. The summed E-state index contributed by atoms with van der Waals surface area (Å²) >= 11 is 0. The number of benzene rings is 1. The van der Waals surface area contributed by atoms with Gasteiger partial charge in [-0.2, -0.15) is 5.10 Å². The Labute approximate surface area is 142 Å². The third-order valence-corrected chi connectivity index (χ3v) is 4.84. The van der Waals surface area contributed by atoms with Crippen LogP contribution in [0.3, 0.4) is 0 Å². The molecule has 0 radical (unpaired) electrons. The van der Waals surface area contributed by atoms with E-state index in [0.29, 0.717) is 0 Å². The summed E-state index contributed by atoms with van der Waals surface area (Å²) in [7, 11) is 0. The van der Waals surface area contributed by atoms with Crippen LogP contribution in [0.1, 0.15) is 42.8 Å². The smallest absolute Gasteiger partial charge is 0.123 e. The predicted molar refractivity (Wildman–Crippen MR) is 91.7 cm³/mol. The van der Waals surface area contributed by atoms with Crippen molar-refractivity contribution in [3.8, 4) is 5.75 Å². The lowest BCUT2D eigenvalue weighted by Gasteiger charge is -2.19. The highest BCUT2D eigenvalue weighted by Gasteiger charge is 2.30. The van der Waals surface area contributed by atoms with Crippen molar-refractivity contribution >= 4 is 0 Å². The second-order valence-electron chi connectivity index (χ2n) is 7.55. The first-order chi connectivity index (χ1) is 11.5. The maximum Gasteiger partial charge on any atom is 0.123 e. The van der Waals surface area contributed by atoms with E-state index in [1.165, 1.54) is 16.8 Å². The molecule has 1 aromatic carbocycles. The molecule has 0 unspecified atom stereocenters. The minimum absolute atomic E-state index is 0.0145. The molecule has 0 spiro atoms. The first kappa shape index (κ1) is 15.7. The highest BCUT2D eigenvalue weighted by molar-refractivity contribution is 5.41. The Morgan fingerprint density at radius 3 is 2.96 bits per heavy atom. The average molecular weight is 327 g/mol. The van der Waals surface area contributed by atoms with Gasteiger partial charge in [-0.1, -0.05) is 12.1 Å². The van der Waals surface area contributed by atoms with Crippen LogP contribution in [0.5, 0.6) is 5.75 Å². The van der Waals surface area contributed by atoms with E-state index in [1.807, 2.05) is 10.7 Å². The topological polar surface area (TPSA) is 50.5 Å². The Morgan fingerprint density at radius 1 is 1.25 bits per heavy atom. The van der Waals surface area contributed by atoms with Crippen LogP contribution in [0.15, 0.2) is 24.3 Å². The van der Waals surface area contributed by atoms with E-state index in [1.54, 1.807) is 0 Å². The Bertz CT molecular complexity index is 751. The molecule has 0 fully saturated rings. The second kappa shape index (κ2) is 5.90. The Morgan fingerprint density at radius 2 is 2.12 bits per heavy atom. The molecule has 0 bridgehead atoms. The Kier molecular flexibility index (Phi) is 3.85. The number of aliphatic hydroxyl groups is 1. The standard InChI is InChI=1S/C19H25N3O2/c1-19(2)10-15-8-14(4-5-18(15)24-19)11-21-6-3-7-22-17(12-21)9-16(13-23)20-22/h4-5,8-9,23H,3,6-7,10-13H2,1-2H3. The maximum atomic E-state index is 9.29. The average Bonchev–Trinajstić information content (AvgIpc) is 2.99. The molecule has 3 heterocycles. The number of fused-ring (bicyclic) bond motifs is 2. The Balaban J connectivity index is 1.50. The highest BCUT2D eigenvalue weighted by Crippen LogP contribution is 2.35. The third-order valence-electron chi connectivity index (χ3n) is 4.84. The number of rotatable bonds is 3. The van der Waals surface area contributed by atoms with Crippen LogP contribution in [0, 0.1) is 0 Å². The second-order valence-corrected chi connectivity index (χ2v) is 7.55. The van der Waals surface area contributed by atoms with Gasteiger partial charge in [-0.15, -0.1) is 0 Å². The van der Waals surface area contributed by atoms with Crippen molar-refractivity contribution in [1.29, 1.82) is 0 Å². The summed E-state index contributed by atoms with van der Waals surface area (Å²) in [5.41, 5.74) is 4.53. The van der Waals surface area contributed by atoms with Gasteiger partial charge in [-0.05, 0) is 43.5 Å². The summed E-state index contributed by atoms with van der Waals surface area (Å²) in [5, 5.41) is 13.7. The van der Waals surface area contributed by atoms with Crippen LogP contribution in [0.2, 0.25) is 0 Å². The van der Waals surface area contributed by atoms with Gasteiger partial charge in [-0.25, -0.2) is 0 Å². The number of hydrogen-bond donors (Lipinski definition) is 1. The molecule has 0 aliphatic carbocycles. The molecule has 0 saturated heterocycles. The molecule has 5 heteroatoms. The van der Waals surface area contributed by atoms with E-state index in [4.69, 9.17) is 4.74 Å². The van der Waals surface area contributed by atoms with Crippen molar-refractivity contribution in [3.63, 3.8) is 0 Å². The van der Waals surface area contributed by atoms with Gasteiger partial charge in [0.15, 0.2) is 0 Å². The monoisotopic (exact) mass is 327 g/mol. The van der Waals surface area contributed by atoms with Crippen molar-refractivity contribution in [2.75, 3.05) is 6.54 Å². The number of aliphatic hydroxyl groups excluding tert-OH is 1. The molecule has 5 nitrogen and oxygen atoms in total. The van der Waals surface area contributed by atoms with Crippen LogP contribution in [0.25, 0.3) is 0 Å². The molecule has 2 aliphatic rings. The summed E-state index contributed by atoms with van der Waals surface area (Å²) < 4.78 is 8.02. The van der Waals surface area contributed by atoms with Crippen molar-refractivity contribution in [2.45, 2.75) is 58.5 Å². The van der Waals surface area contributed by atoms with E-state index in [9.17, 15) is 5.11 Å². The van der Waals surface area contributed by atoms with E-state index >= 15 is 0 Å². The molecule has 128 valence electrons. The first-order valence-electron chi connectivity index (χ1n) is 8.72. The fourth-order valence-electron chi connectivity index (χ4n) is 3.82. The molecular formula is C19H25N3O2. The van der Waals surface area contributed by atoms with Gasteiger partial charge in [0.05, 0.1) is 18.0 Å². The van der Waals surface area contributed by atoms with Gasteiger partial charge in [0.25, 0.3) is 0 Å². The molecule has 1 aromatic heterocycles. The maximum absolute atomic E-state index is 9.29. The fraction of sp³-hybridized carbons (Fsp3) is 0.526. The van der Waals surface area contributed by atoms with Crippen LogP contribution >= 0.6 is 0 Å². The molecule has 4 rings (SSSR count). The van der Waals surface area contributed by atoms with Crippen LogP contribution < -0.4 is 4.74 Å². The lowest BCUT2D eigenvalue weighted by molar-refractivity contribution is 0.138. The van der Waals surface area contributed by atoms with Crippen molar-refractivity contribution in [1.82, 2.24) is 14.7 Å². The summed E-state index contributed by atoms with van der Waals surface area (Å²) in [4.78, 5) is 2.46. The van der Waals surface area contributed by atoms with Crippen molar-refractivity contribution in [3.05, 3.63) is 46.8 Å². The highest BCUT2D eigenvalue weighted by atomic mass is 16.5. The van der Waals surface area contributed by atoms with E-state index in [2.05, 4.69) is 42.0 Å². The van der Waals surface area contributed by atoms with Crippen LogP contribution in [-0.4, -0.2) is 31.9 Å². The summed E-state index contributed by atoms with van der Waals surface area (Å²) in [6, 6.07) is 8.62. The third kappa shape index (κ3) is 3.06. The lowest BCUT2D eigenvalue weighted by atomic mass is 10.00. The molecule has 0 saturated carbocycles. The van der Waals surface area contributed by atoms with Crippen LogP contribution in [-0.2, 0) is 32.7 Å². The van der Waals surface area contributed by atoms with Crippen LogP contribution in [0.4, 0.5) is 0 Å². The lowest BCUT2D eigenvalue weighted by Crippen LogP contribution is -2.24. The molecule has 24 heavy (non-hydrogen) atoms. The number of aryl methyl sites for hydroxylation is 1. The molecule has 2 aromatic rings. The van der Waals surface area contributed by atoms with E-state index in [0.717, 1.165) is 50.5 Å². The quantitative estimate of drug-likeness (QED) is 0.941. The Hall–Kier alpha value is -1.85. The molecule has 1 N–H and O–H groups in total. The first-order valence-corrected chi connectivity index (χ1v) is 8.72. The van der Waals surface area contributed by atoms with Gasteiger partial charge in [0.2, 0.25) is 0 Å². The molecule has 2 aliphatic heterocycles. The number of ether oxygens (including phenoxy) is 1. The summed E-state index contributed by atoms with van der Waals surface area (Å²) in [6.45, 7) is 8.11. The van der Waals surface area contributed by atoms with E-state index < -0.39 is 0 Å². The molecule has 0 amide bonds. The summed E-state index contributed by atoms with van der Waals surface area (Å²) in [5.74, 6) is 1.03. The van der Waals surface area contributed by atoms with Gasteiger partial charge < -0.3 is 9.84 Å². The normalized spacial score (nSPS) is 19.5. The zero-order valence-electron chi connectivity index (χ0n) is 14.5. The van der Waals surface area contributed by atoms with Gasteiger partial charge in [0.1, 0.15) is 11.4 Å². The largest absolute Gasteiger partial charge is 0.487 e. The van der Waals surface area contributed by atoms with Gasteiger partial charge in [-0.3, -0.25) is 9.58 Å². The van der Waals surface area contributed by atoms with Crippen molar-refractivity contribution < 1.29 is 9.84 Å². The van der Waals surface area contributed by atoms with E-state index in [-0.39, 0.29) is 12.2 Å². The molecule has 0 atom stereocenters. The number of hydrogen-bond acceptors (Lipinski definition) is 4. The molecular weight excluding hydrogens is 302 g/mol. The fourth-order valence-corrected chi connectivity index (χ4v) is 3.82.